The van der Waals surface area contributed by atoms with Crippen molar-refractivity contribution in [3.8, 4) is 0 Å². The van der Waals surface area contributed by atoms with Gasteiger partial charge in [0.25, 0.3) is 5.56 Å². The lowest BCUT2D eigenvalue weighted by molar-refractivity contribution is -0.124. The van der Waals surface area contributed by atoms with Crippen molar-refractivity contribution in [2.45, 2.75) is 25.6 Å². The molecule has 2 aromatic rings. The number of amides is 1. The Labute approximate surface area is 138 Å². The maximum absolute atomic E-state index is 12.1. The van der Waals surface area contributed by atoms with Crippen molar-refractivity contribution in [2.75, 3.05) is 0 Å². The molecule has 0 bridgehead atoms. The molecule has 2 heterocycles. The molecule has 1 amide bonds. The third-order valence-corrected chi connectivity index (χ3v) is 4.66. The second-order valence-corrected chi connectivity index (χ2v) is 6.17. The molecule has 2 N–H and O–H groups in total. The van der Waals surface area contributed by atoms with E-state index >= 15 is 0 Å². The summed E-state index contributed by atoms with van der Waals surface area (Å²) in [5.74, 6) is -0.404. The molecule has 1 aliphatic rings. The first-order valence-electron chi connectivity index (χ1n) is 7.74. The molecule has 0 spiro atoms. The molecule has 1 unspecified atom stereocenters. The molecule has 1 atom stereocenters. The van der Waals surface area contributed by atoms with Gasteiger partial charge < -0.3 is 5.73 Å². The molecule has 126 valence electrons. The largest absolute Gasteiger partial charge is 0.368 e. The summed E-state index contributed by atoms with van der Waals surface area (Å²) in [5, 5.41) is 0. The number of benzene rings is 1. The molecule has 0 saturated carbocycles. The molecule has 0 aliphatic carbocycles. The summed E-state index contributed by atoms with van der Waals surface area (Å²) < 4.78 is 2.49. The maximum Gasteiger partial charge on any atom is 0.330 e. The van der Waals surface area contributed by atoms with Gasteiger partial charge in [-0.2, -0.15) is 0 Å². The van der Waals surface area contributed by atoms with Gasteiger partial charge in [-0.25, -0.2) is 4.79 Å². The summed E-state index contributed by atoms with van der Waals surface area (Å²) in [5.41, 5.74) is 7.63. The van der Waals surface area contributed by atoms with E-state index in [0.717, 1.165) is 15.7 Å². The second-order valence-electron chi connectivity index (χ2n) is 6.17. The zero-order valence-corrected chi connectivity index (χ0v) is 13.7. The molecular formula is C17H20N4O3. The van der Waals surface area contributed by atoms with Gasteiger partial charge in [0.2, 0.25) is 5.91 Å². The number of nitrogens with two attached hydrogens (primary N) is 1. The summed E-state index contributed by atoms with van der Waals surface area (Å²) in [7, 11) is 3.06. The van der Waals surface area contributed by atoms with E-state index in [-0.39, 0.29) is 11.2 Å². The van der Waals surface area contributed by atoms with Gasteiger partial charge in [0.1, 0.15) is 0 Å². The number of fused-ring (bicyclic) bond motifs is 1. The van der Waals surface area contributed by atoms with Crippen molar-refractivity contribution in [2.24, 2.45) is 19.8 Å². The number of hydrogen-bond acceptors (Lipinski definition) is 4. The third-order valence-electron chi connectivity index (χ3n) is 4.66. The van der Waals surface area contributed by atoms with Crippen molar-refractivity contribution in [3.63, 3.8) is 0 Å². The number of carbonyl (C=O) groups excluding carboxylic acids is 1. The van der Waals surface area contributed by atoms with Gasteiger partial charge in [0, 0.05) is 38.9 Å². The summed E-state index contributed by atoms with van der Waals surface area (Å²) in [6, 6.07) is 8.88. The Balaban J connectivity index is 1.98. The third kappa shape index (κ3) is 2.78. The van der Waals surface area contributed by atoms with Crippen LogP contribution in [-0.2, 0) is 38.4 Å². The highest BCUT2D eigenvalue weighted by molar-refractivity contribution is 5.80. The SMILES string of the molecule is Cn1c(CN2Cc3ccccc3CC2C(N)=O)cc(=O)n(C)c1=O. The summed E-state index contributed by atoms with van der Waals surface area (Å²) in [4.78, 5) is 37.8. The molecule has 1 aliphatic heterocycles. The molecule has 0 saturated heterocycles. The van der Waals surface area contributed by atoms with Crippen LogP contribution in [0, 0.1) is 0 Å². The van der Waals surface area contributed by atoms with Crippen LogP contribution in [0.25, 0.3) is 0 Å². The molecule has 1 aromatic heterocycles. The van der Waals surface area contributed by atoms with Crippen molar-refractivity contribution < 1.29 is 4.79 Å². The average Bonchev–Trinajstić information content (AvgIpc) is 2.57. The van der Waals surface area contributed by atoms with Gasteiger partial charge in [0.15, 0.2) is 0 Å². The minimum atomic E-state index is -0.459. The normalized spacial score (nSPS) is 17.5. The van der Waals surface area contributed by atoms with E-state index in [0.29, 0.717) is 25.2 Å². The minimum absolute atomic E-state index is 0.309. The molecule has 7 nitrogen and oxygen atoms in total. The predicted octanol–water partition coefficient (Wildman–Crippen LogP) is -0.504. The first-order valence-corrected chi connectivity index (χ1v) is 7.74. The topological polar surface area (TPSA) is 90.3 Å². The number of carbonyl (C=O) groups is 1. The minimum Gasteiger partial charge on any atom is -0.368 e. The van der Waals surface area contributed by atoms with Crippen LogP contribution in [0.5, 0.6) is 0 Å². The van der Waals surface area contributed by atoms with Crippen LogP contribution in [0.2, 0.25) is 0 Å². The van der Waals surface area contributed by atoms with Crippen LogP contribution >= 0.6 is 0 Å². The fraction of sp³-hybridized carbons (Fsp3) is 0.353. The van der Waals surface area contributed by atoms with Crippen LogP contribution in [-0.4, -0.2) is 26.0 Å². The van der Waals surface area contributed by atoms with Gasteiger partial charge in [-0.1, -0.05) is 24.3 Å². The van der Waals surface area contributed by atoms with E-state index in [4.69, 9.17) is 5.73 Å². The Morgan fingerprint density at radius 2 is 1.83 bits per heavy atom. The van der Waals surface area contributed by atoms with Crippen LogP contribution in [0.1, 0.15) is 16.8 Å². The second kappa shape index (κ2) is 6.09. The van der Waals surface area contributed by atoms with Crippen LogP contribution in [0.4, 0.5) is 0 Å². The first-order chi connectivity index (χ1) is 11.4. The van der Waals surface area contributed by atoms with E-state index in [1.807, 2.05) is 29.2 Å². The predicted molar refractivity (Wildman–Crippen MR) is 89.3 cm³/mol. The van der Waals surface area contributed by atoms with Crippen molar-refractivity contribution in [1.82, 2.24) is 14.0 Å². The van der Waals surface area contributed by atoms with Crippen molar-refractivity contribution in [3.05, 3.63) is 68.0 Å². The monoisotopic (exact) mass is 328 g/mol. The van der Waals surface area contributed by atoms with Gasteiger partial charge >= 0.3 is 5.69 Å². The summed E-state index contributed by atoms with van der Waals surface area (Å²) in [6.07, 6.45) is 0.532. The van der Waals surface area contributed by atoms with E-state index in [1.165, 1.54) is 17.7 Å². The number of nitrogens with zero attached hydrogens (tertiary/aromatic N) is 3. The lowest BCUT2D eigenvalue weighted by atomic mass is 9.93. The lowest BCUT2D eigenvalue weighted by Gasteiger charge is -2.35. The molecule has 0 fully saturated rings. The number of aromatic nitrogens is 2. The zero-order chi connectivity index (χ0) is 17.4. The summed E-state index contributed by atoms with van der Waals surface area (Å²) in [6.45, 7) is 0.858. The highest BCUT2D eigenvalue weighted by atomic mass is 16.2. The van der Waals surface area contributed by atoms with Crippen molar-refractivity contribution in [1.29, 1.82) is 0 Å². The lowest BCUT2D eigenvalue weighted by Crippen LogP contribution is -2.49. The van der Waals surface area contributed by atoms with Crippen LogP contribution in [0.3, 0.4) is 0 Å². The van der Waals surface area contributed by atoms with Gasteiger partial charge in [-0.15, -0.1) is 0 Å². The zero-order valence-electron chi connectivity index (χ0n) is 13.7. The Kier molecular flexibility index (Phi) is 4.11. The molecule has 24 heavy (non-hydrogen) atoms. The first kappa shape index (κ1) is 16.2. The molecule has 1 aromatic carbocycles. The molecule has 7 heteroatoms. The number of hydrogen-bond donors (Lipinski definition) is 1. The molecular weight excluding hydrogens is 308 g/mol. The quantitative estimate of drug-likeness (QED) is 0.822. The van der Waals surface area contributed by atoms with E-state index in [2.05, 4.69) is 0 Å². The fourth-order valence-corrected chi connectivity index (χ4v) is 3.16. The van der Waals surface area contributed by atoms with Crippen molar-refractivity contribution >= 4 is 5.91 Å². The Morgan fingerprint density at radius 3 is 2.50 bits per heavy atom. The van der Waals surface area contributed by atoms with Gasteiger partial charge in [0.05, 0.1) is 6.04 Å². The fourth-order valence-electron chi connectivity index (χ4n) is 3.16. The van der Waals surface area contributed by atoms with Gasteiger partial charge in [-0.05, 0) is 17.5 Å². The number of rotatable bonds is 3. The van der Waals surface area contributed by atoms with Gasteiger partial charge in [-0.3, -0.25) is 23.6 Å². The Morgan fingerprint density at radius 1 is 1.17 bits per heavy atom. The summed E-state index contributed by atoms with van der Waals surface area (Å²) >= 11 is 0. The Bertz CT molecular complexity index is 913. The average molecular weight is 328 g/mol. The number of primary amides is 1. The smallest absolute Gasteiger partial charge is 0.330 e. The highest BCUT2D eigenvalue weighted by Crippen LogP contribution is 2.24. The van der Waals surface area contributed by atoms with E-state index < -0.39 is 11.9 Å². The van der Waals surface area contributed by atoms with E-state index in [9.17, 15) is 14.4 Å². The van der Waals surface area contributed by atoms with Crippen LogP contribution in [0.15, 0.2) is 39.9 Å². The van der Waals surface area contributed by atoms with Crippen LogP contribution < -0.4 is 17.0 Å². The standard InChI is InChI=1S/C17H20N4O3/c1-19-13(8-15(22)20(2)17(19)24)10-21-9-12-6-4-3-5-11(12)7-14(21)16(18)23/h3-6,8,14H,7,9-10H2,1-2H3,(H2,18,23). The Hall–Kier alpha value is -2.67. The maximum atomic E-state index is 12.1. The van der Waals surface area contributed by atoms with E-state index in [1.54, 1.807) is 7.05 Å². The highest BCUT2D eigenvalue weighted by Gasteiger charge is 2.30. The molecule has 3 rings (SSSR count). The molecule has 0 radical (unpaired) electrons.